The molecular weight excluding hydrogens is 420 g/mol. The summed E-state index contributed by atoms with van der Waals surface area (Å²) in [5, 5.41) is 11.3. The first-order valence-corrected chi connectivity index (χ1v) is 9.18. The molecule has 0 saturated carbocycles. The normalized spacial score (nSPS) is 10.0. The van der Waals surface area contributed by atoms with Gasteiger partial charge < -0.3 is 10.1 Å². The number of nitrogens with one attached hydrogen (secondary N) is 1. The summed E-state index contributed by atoms with van der Waals surface area (Å²) in [4.78, 5) is 25.6. The number of rotatable bonds is 6. The van der Waals surface area contributed by atoms with E-state index < -0.39 is 0 Å². The molecule has 0 aromatic heterocycles. The Bertz CT molecular complexity index is 1040. The van der Waals surface area contributed by atoms with Crippen molar-refractivity contribution in [2.75, 3.05) is 11.9 Å². The molecule has 0 aliphatic heterocycles. The number of amides is 1. The van der Waals surface area contributed by atoms with Gasteiger partial charge in [0, 0.05) is 21.3 Å². The zero-order valence-corrected chi connectivity index (χ0v) is 16.3. The number of halogens is 1. The smallest absolute Gasteiger partial charge is 0.256 e. The number of benzene rings is 3. The average molecular weight is 435 g/mol. The van der Waals surface area contributed by atoms with E-state index in [2.05, 4.69) is 21.2 Å². The SMILES string of the molecule is N#CCOc1ccc(NC(=O)c2ccccc2C(=O)c2ccc(Br)cc2)cc1. The van der Waals surface area contributed by atoms with Crippen LogP contribution in [0.25, 0.3) is 0 Å². The quantitative estimate of drug-likeness (QED) is 0.563. The zero-order valence-electron chi connectivity index (χ0n) is 14.7. The van der Waals surface area contributed by atoms with Crippen LogP contribution in [0.4, 0.5) is 5.69 Å². The molecule has 0 aliphatic carbocycles. The van der Waals surface area contributed by atoms with Gasteiger partial charge in [0.15, 0.2) is 12.4 Å². The van der Waals surface area contributed by atoms with E-state index >= 15 is 0 Å². The molecule has 0 radical (unpaired) electrons. The van der Waals surface area contributed by atoms with E-state index in [0.717, 1.165) is 4.47 Å². The number of nitrogens with zero attached hydrogens (tertiary/aromatic N) is 1. The van der Waals surface area contributed by atoms with Crippen LogP contribution < -0.4 is 10.1 Å². The predicted octanol–water partition coefficient (Wildman–Crippen LogP) is 4.83. The van der Waals surface area contributed by atoms with Gasteiger partial charge in [-0.2, -0.15) is 5.26 Å². The van der Waals surface area contributed by atoms with Gasteiger partial charge >= 0.3 is 0 Å². The lowest BCUT2D eigenvalue weighted by Gasteiger charge is -2.10. The number of hydrogen-bond donors (Lipinski definition) is 1. The average Bonchev–Trinajstić information content (AvgIpc) is 2.73. The van der Waals surface area contributed by atoms with Crippen molar-refractivity contribution in [1.82, 2.24) is 0 Å². The molecule has 0 unspecified atom stereocenters. The van der Waals surface area contributed by atoms with Crippen LogP contribution in [-0.4, -0.2) is 18.3 Å². The Balaban J connectivity index is 1.80. The first kappa shape index (κ1) is 19.3. The fourth-order valence-electron chi connectivity index (χ4n) is 2.58. The summed E-state index contributed by atoms with van der Waals surface area (Å²) in [5.74, 6) is -0.0735. The molecule has 3 aromatic carbocycles. The van der Waals surface area contributed by atoms with E-state index in [4.69, 9.17) is 10.00 Å². The number of carbonyl (C=O) groups is 2. The van der Waals surface area contributed by atoms with E-state index in [0.29, 0.717) is 28.1 Å². The van der Waals surface area contributed by atoms with Crippen LogP contribution in [-0.2, 0) is 0 Å². The highest BCUT2D eigenvalue weighted by atomic mass is 79.9. The van der Waals surface area contributed by atoms with Crippen molar-refractivity contribution < 1.29 is 14.3 Å². The highest BCUT2D eigenvalue weighted by Gasteiger charge is 2.18. The van der Waals surface area contributed by atoms with Gasteiger partial charge in [0.05, 0.1) is 5.56 Å². The zero-order chi connectivity index (χ0) is 19.9. The molecule has 1 amide bonds. The standard InChI is InChI=1S/C22H15BrN2O3/c23-16-7-5-15(6-8-16)21(26)19-3-1-2-4-20(19)22(27)25-17-9-11-18(12-10-17)28-14-13-24/h1-12H,14H2,(H,25,27). The van der Waals surface area contributed by atoms with Crippen molar-refractivity contribution in [3.8, 4) is 11.8 Å². The van der Waals surface area contributed by atoms with E-state index in [1.807, 2.05) is 6.07 Å². The second-order valence-electron chi connectivity index (χ2n) is 5.81. The molecule has 0 heterocycles. The van der Waals surface area contributed by atoms with Gasteiger partial charge in [-0.1, -0.05) is 34.1 Å². The molecule has 0 aliphatic rings. The number of carbonyl (C=O) groups excluding carboxylic acids is 2. The predicted molar refractivity (Wildman–Crippen MR) is 110 cm³/mol. The summed E-state index contributed by atoms with van der Waals surface area (Å²) < 4.78 is 6.06. The van der Waals surface area contributed by atoms with Crippen LogP contribution in [0.1, 0.15) is 26.3 Å². The van der Waals surface area contributed by atoms with Crippen molar-refractivity contribution in [3.63, 3.8) is 0 Å². The van der Waals surface area contributed by atoms with Crippen LogP contribution in [0, 0.1) is 11.3 Å². The van der Waals surface area contributed by atoms with Gasteiger partial charge in [0.2, 0.25) is 0 Å². The number of ketones is 1. The van der Waals surface area contributed by atoms with Gasteiger partial charge in [-0.05, 0) is 54.6 Å². The molecule has 3 aromatic rings. The largest absolute Gasteiger partial charge is 0.479 e. The molecule has 138 valence electrons. The number of anilines is 1. The monoisotopic (exact) mass is 434 g/mol. The molecule has 0 spiro atoms. The van der Waals surface area contributed by atoms with Crippen molar-refractivity contribution >= 4 is 33.3 Å². The maximum Gasteiger partial charge on any atom is 0.256 e. The Morgan fingerprint density at radius 1 is 0.929 bits per heavy atom. The minimum atomic E-state index is -0.383. The first-order valence-electron chi connectivity index (χ1n) is 8.39. The summed E-state index contributed by atoms with van der Waals surface area (Å²) in [6, 6.07) is 22.2. The molecule has 28 heavy (non-hydrogen) atoms. The summed E-state index contributed by atoms with van der Waals surface area (Å²) in [7, 11) is 0. The fraction of sp³-hybridized carbons (Fsp3) is 0.0455. The lowest BCUT2D eigenvalue weighted by Crippen LogP contribution is -2.17. The van der Waals surface area contributed by atoms with E-state index in [1.54, 1.807) is 72.8 Å². The van der Waals surface area contributed by atoms with Crippen molar-refractivity contribution in [2.24, 2.45) is 0 Å². The second kappa shape index (κ2) is 8.98. The molecule has 0 atom stereocenters. The molecule has 3 rings (SSSR count). The van der Waals surface area contributed by atoms with E-state index in [-0.39, 0.29) is 18.3 Å². The van der Waals surface area contributed by atoms with Crippen LogP contribution in [0.2, 0.25) is 0 Å². The molecule has 0 saturated heterocycles. The molecule has 6 heteroatoms. The molecule has 5 nitrogen and oxygen atoms in total. The molecule has 0 bridgehead atoms. The van der Waals surface area contributed by atoms with Gasteiger partial charge in [-0.3, -0.25) is 9.59 Å². The van der Waals surface area contributed by atoms with E-state index in [9.17, 15) is 9.59 Å². The maximum atomic E-state index is 12.8. The third kappa shape index (κ3) is 4.64. The third-order valence-electron chi connectivity index (χ3n) is 3.94. The molecule has 1 N–H and O–H groups in total. The van der Waals surface area contributed by atoms with Crippen molar-refractivity contribution in [1.29, 1.82) is 5.26 Å². The molecular formula is C22H15BrN2O3. The summed E-state index contributed by atoms with van der Waals surface area (Å²) in [6.45, 7) is -0.0444. The second-order valence-corrected chi connectivity index (χ2v) is 6.72. The minimum Gasteiger partial charge on any atom is -0.479 e. The van der Waals surface area contributed by atoms with Crippen LogP contribution in [0.15, 0.2) is 77.3 Å². The summed E-state index contributed by atoms with van der Waals surface area (Å²) >= 11 is 3.34. The Labute approximate surface area is 170 Å². The Hall–Kier alpha value is -3.43. The van der Waals surface area contributed by atoms with Crippen molar-refractivity contribution in [3.05, 3.63) is 94.0 Å². The Morgan fingerprint density at radius 3 is 2.21 bits per heavy atom. The van der Waals surface area contributed by atoms with Gasteiger partial charge in [0.25, 0.3) is 5.91 Å². The fourth-order valence-corrected chi connectivity index (χ4v) is 2.85. The maximum absolute atomic E-state index is 12.8. The molecule has 0 fully saturated rings. The lowest BCUT2D eigenvalue weighted by molar-refractivity contribution is 0.0996. The minimum absolute atomic E-state index is 0.0444. The van der Waals surface area contributed by atoms with Crippen LogP contribution in [0.3, 0.4) is 0 Å². The Morgan fingerprint density at radius 2 is 1.57 bits per heavy atom. The van der Waals surface area contributed by atoms with Crippen LogP contribution >= 0.6 is 15.9 Å². The van der Waals surface area contributed by atoms with Crippen molar-refractivity contribution in [2.45, 2.75) is 0 Å². The Kier molecular flexibility index (Phi) is 6.20. The topological polar surface area (TPSA) is 79.2 Å². The third-order valence-corrected chi connectivity index (χ3v) is 4.47. The summed E-state index contributed by atoms with van der Waals surface area (Å²) in [5.41, 5.74) is 1.68. The lowest BCUT2D eigenvalue weighted by atomic mass is 9.98. The highest BCUT2D eigenvalue weighted by molar-refractivity contribution is 9.10. The number of ether oxygens (including phenoxy) is 1. The summed E-state index contributed by atoms with van der Waals surface area (Å²) in [6.07, 6.45) is 0. The van der Waals surface area contributed by atoms with E-state index in [1.165, 1.54) is 0 Å². The van der Waals surface area contributed by atoms with Gasteiger partial charge in [0.1, 0.15) is 11.8 Å². The van der Waals surface area contributed by atoms with Gasteiger partial charge in [-0.15, -0.1) is 0 Å². The highest BCUT2D eigenvalue weighted by Crippen LogP contribution is 2.20. The van der Waals surface area contributed by atoms with Crippen LogP contribution in [0.5, 0.6) is 5.75 Å². The number of nitriles is 1. The number of hydrogen-bond acceptors (Lipinski definition) is 4. The van der Waals surface area contributed by atoms with Gasteiger partial charge in [-0.25, -0.2) is 0 Å². The first-order chi connectivity index (χ1) is 13.6.